The average molecular weight is 403 g/mol. The number of nitrogens with one attached hydrogen (secondary N) is 1. The van der Waals surface area contributed by atoms with E-state index in [1.807, 2.05) is 26.0 Å². The van der Waals surface area contributed by atoms with Crippen LogP contribution in [0.3, 0.4) is 0 Å². The summed E-state index contributed by atoms with van der Waals surface area (Å²) in [5.74, 6) is -0.585. The zero-order chi connectivity index (χ0) is 19.1. The number of ether oxygens (including phenoxy) is 1. The highest BCUT2D eigenvalue weighted by Gasteiger charge is 2.15. The Labute approximate surface area is 161 Å². The van der Waals surface area contributed by atoms with Crippen molar-refractivity contribution in [2.75, 3.05) is 7.11 Å². The fraction of sp³-hybridized carbons (Fsp3) is 0.167. The first-order valence-electron chi connectivity index (χ1n) is 7.12. The molecule has 0 aliphatic carbocycles. The lowest BCUT2D eigenvalue weighted by Gasteiger charge is -2.04. The van der Waals surface area contributed by atoms with Gasteiger partial charge in [0.05, 0.1) is 22.7 Å². The molecule has 4 nitrogen and oxygen atoms in total. The SMILES string of the molecule is C=C/C(Cl)=C\C=C(C)C.COc1cc(Cl)c(Cl)c2[nH]c(C(=O)O)cc12. The molecule has 0 saturated carbocycles. The van der Waals surface area contributed by atoms with Crippen molar-refractivity contribution in [2.24, 2.45) is 0 Å². The van der Waals surface area contributed by atoms with Crippen LogP contribution in [0.5, 0.6) is 5.75 Å². The van der Waals surface area contributed by atoms with Crippen molar-refractivity contribution in [3.63, 3.8) is 0 Å². The van der Waals surface area contributed by atoms with Gasteiger partial charge in [0.15, 0.2) is 0 Å². The van der Waals surface area contributed by atoms with Crippen LogP contribution in [0.4, 0.5) is 0 Å². The van der Waals surface area contributed by atoms with Crippen LogP contribution in [-0.2, 0) is 0 Å². The van der Waals surface area contributed by atoms with E-state index in [9.17, 15) is 4.79 Å². The fourth-order valence-corrected chi connectivity index (χ4v) is 2.26. The smallest absolute Gasteiger partial charge is 0.352 e. The lowest BCUT2D eigenvalue weighted by molar-refractivity contribution is 0.0691. The second-order valence-corrected chi connectivity index (χ2v) is 6.37. The molecule has 0 fully saturated rings. The van der Waals surface area contributed by atoms with Gasteiger partial charge in [0.25, 0.3) is 0 Å². The molecule has 2 N–H and O–H groups in total. The number of aromatic amines is 1. The Morgan fingerprint density at radius 2 is 1.92 bits per heavy atom. The number of allylic oxidation sites excluding steroid dienone is 5. The Hall–Kier alpha value is -1.88. The molecular formula is C18H18Cl3NO3. The van der Waals surface area contributed by atoms with Crippen LogP contribution in [0, 0.1) is 0 Å². The lowest BCUT2D eigenvalue weighted by Crippen LogP contribution is -1.94. The molecule has 0 aliphatic rings. The number of H-pyrrole nitrogens is 1. The number of aromatic carboxylic acids is 1. The molecule has 0 atom stereocenters. The van der Waals surface area contributed by atoms with Crippen LogP contribution in [0.2, 0.25) is 10.0 Å². The standard InChI is InChI=1S/C10H7Cl2NO3.C8H11Cl/c1-16-7-3-5(11)8(12)9-4(7)2-6(13-9)10(14)15;1-4-8(9)6-5-7(2)3/h2-3,13H,1H3,(H,14,15);4-6H,1H2,2-3H3/b;8-6+. The fourth-order valence-electron chi connectivity index (χ4n) is 1.80. The molecule has 2 aromatic rings. The number of benzene rings is 1. The van der Waals surface area contributed by atoms with E-state index in [0.29, 0.717) is 26.7 Å². The summed E-state index contributed by atoms with van der Waals surface area (Å²) < 4.78 is 5.10. The van der Waals surface area contributed by atoms with Crippen LogP contribution in [0.15, 0.2) is 47.5 Å². The molecule has 7 heteroatoms. The summed E-state index contributed by atoms with van der Waals surface area (Å²) in [5.41, 5.74) is 1.73. The van der Waals surface area contributed by atoms with Gasteiger partial charge in [0.1, 0.15) is 11.4 Å². The number of fused-ring (bicyclic) bond motifs is 1. The summed E-state index contributed by atoms with van der Waals surface area (Å²) in [7, 11) is 1.48. The largest absolute Gasteiger partial charge is 0.496 e. The number of hydrogen-bond donors (Lipinski definition) is 2. The molecule has 25 heavy (non-hydrogen) atoms. The number of carbonyl (C=O) groups is 1. The highest BCUT2D eigenvalue weighted by molar-refractivity contribution is 6.45. The van der Waals surface area contributed by atoms with Crippen LogP contribution >= 0.6 is 34.8 Å². The Morgan fingerprint density at radius 1 is 1.28 bits per heavy atom. The third-order valence-electron chi connectivity index (χ3n) is 2.99. The van der Waals surface area contributed by atoms with Gasteiger partial charge in [-0.25, -0.2) is 4.79 Å². The van der Waals surface area contributed by atoms with Gasteiger partial charge in [-0.3, -0.25) is 0 Å². The van der Waals surface area contributed by atoms with E-state index in [2.05, 4.69) is 11.6 Å². The predicted octanol–water partition coefficient (Wildman–Crippen LogP) is 6.44. The van der Waals surface area contributed by atoms with Crippen molar-refractivity contribution < 1.29 is 14.6 Å². The summed E-state index contributed by atoms with van der Waals surface area (Å²) in [6, 6.07) is 3.00. The van der Waals surface area contributed by atoms with Crippen molar-refractivity contribution in [3.8, 4) is 5.75 Å². The van der Waals surface area contributed by atoms with E-state index in [1.165, 1.54) is 18.7 Å². The summed E-state index contributed by atoms with van der Waals surface area (Å²) in [5, 5.41) is 10.7. The van der Waals surface area contributed by atoms with Crippen LogP contribution in [-0.4, -0.2) is 23.2 Å². The van der Waals surface area contributed by atoms with Gasteiger partial charge in [-0.15, -0.1) is 0 Å². The van der Waals surface area contributed by atoms with Gasteiger partial charge >= 0.3 is 5.97 Å². The molecule has 0 bridgehead atoms. The molecular weight excluding hydrogens is 385 g/mol. The van der Waals surface area contributed by atoms with Crippen molar-refractivity contribution in [1.29, 1.82) is 0 Å². The first-order valence-corrected chi connectivity index (χ1v) is 8.25. The Morgan fingerprint density at radius 3 is 2.40 bits per heavy atom. The minimum absolute atomic E-state index is 0.0393. The third-order valence-corrected chi connectivity index (χ3v) is 4.06. The van der Waals surface area contributed by atoms with Crippen LogP contribution in [0.25, 0.3) is 10.9 Å². The zero-order valence-electron chi connectivity index (χ0n) is 14.0. The van der Waals surface area contributed by atoms with Gasteiger partial charge in [-0.05, 0) is 26.0 Å². The van der Waals surface area contributed by atoms with Crippen molar-refractivity contribution in [1.82, 2.24) is 4.98 Å². The predicted molar refractivity (Wildman–Crippen MR) is 105 cm³/mol. The van der Waals surface area contributed by atoms with Crippen LogP contribution < -0.4 is 4.74 Å². The first-order chi connectivity index (χ1) is 11.7. The minimum atomic E-state index is -1.06. The summed E-state index contributed by atoms with van der Waals surface area (Å²) in [6.45, 7) is 7.54. The Kier molecular flexibility index (Phi) is 8.10. The molecule has 2 rings (SSSR count). The second kappa shape index (κ2) is 9.56. The van der Waals surface area contributed by atoms with Gasteiger partial charge in [-0.1, -0.05) is 59.1 Å². The van der Waals surface area contributed by atoms with Gasteiger partial charge < -0.3 is 14.8 Å². The van der Waals surface area contributed by atoms with E-state index in [1.54, 1.807) is 12.1 Å². The number of rotatable bonds is 4. The maximum absolute atomic E-state index is 10.8. The molecule has 1 aromatic heterocycles. The molecule has 1 heterocycles. The van der Waals surface area contributed by atoms with E-state index < -0.39 is 5.97 Å². The average Bonchev–Trinajstić information content (AvgIpc) is 3.02. The van der Waals surface area contributed by atoms with Gasteiger partial charge in [0.2, 0.25) is 0 Å². The Bertz CT molecular complexity index is 847. The number of halogens is 3. The van der Waals surface area contributed by atoms with Crippen molar-refractivity contribution in [2.45, 2.75) is 13.8 Å². The summed E-state index contributed by atoms with van der Waals surface area (Å²) in [4.78, 5) is 13.5. The van der Waals surface area contributed by atoms with Gasteiger partial charge in [0, 0.05) is 16.5 Å². The number of hydrogen-bond acceptors (Lipinski definition) is 2. The lowest BCUT2D eigenvalue weighted by atomic mass is 10.2. The summed E-state index contributed by atoms with van der Waals surface area (Å²) in [6.07, 6.45) is 5.38. The van der Waals surface area contributed by atoms with Crippen molar-refractivity contribution >= 4 is 51.7 Å². The normalized spacial score (nSPS) is 10.7. The molecule has 0 spiro atoms. The quantitative estimate of drug-likeness (QED) is 0.578. The van der Waals surface area contributed by atoms with E-state index >= 15 is 0 Å². The second-order valence-electron chi connectivity index (χ2n) is 5.15. The number of carboxylic acid groups (broad SMARTS) is 1. The van der Waals surface area contributed by atoms with E-state index in [0.717, 1.165) is 0 Å². The molecule has 1 aromatic carbocycles. The van der Waals surface area contributed by atoms with Crippen LogP contribution in [0.1, 0.15) is 24.3 Å². The molecule has 0 radical (unpaired) electrons. The maximum Gasteiger partial charge on any atom is 0.352 e. The topological polar surface area (TPSA) is 62.3 Å². The van der Waals surface area contributed by atoms with E-state index in [4.69, 9.17) is 44.6 Å². The van der Waals surface area contributed by atoms with Crippen molar-refractivity contribution in [3.05, 3.63) is 63.3 Å². The highest BCUT2D eigenvalue weighted by atomic mass is 35.5. The molecule has 134 valence electrons. The molecule has 0 unspecified atom stereocenters. The van der Waals surface area contributed by atoms with Gasteiger partial charge in [-0.2, -0.15) is 0 Å². The minimum Gasteiger partial charge on any atom is -0.496 e. The number of methoxy groups -OCH3 is 1. The molecule has 0 saturated heterocycles. The zero-order valence-corrected chi connectivity index (χ0v) is 16.3. The van der Waals surface area contributed by atoms with E-state index in [-0.39, 0.29) is 10.7 Å². The number of aromatic nitrogens is 1. The number of carboxylic acids is 1. The Balaban J connectivity index is 0.000000299. The summed E-state index contributed by atoms with van der Waals surface area (Å²) >= 11 is 17.5. The highest BCUT2D eigenvalue weighted by Crippen LogP contribution is 2.37. The molecule has 0 aliphatic heterocycles. The first kappa shape index (κ1) is 21.2. The maximum atomic E-state index is 10.8. The monoisotopic (exact) mass is 401 g/mol. The molecule has 0 amide bonds. The third kappa shape index (κ3) is 5.85.